The summed E-state index contributed by atoms with van der Waals surface area (Å²) in [5.41, 5.74) is -0.667. The standard InChI is InChI=1S/C33H50N2O6/c1-21(2)25(29(36)34-22(3)28(39-30(34)37)24-17-13-10-14-18-24)20-27-26(19-23-15-11-9-12-16-23)35(33(7,8)40-27)31(38)41-32(4,5)6/h10,13-14,17-18,21-23,25-28H,9,11-12,15-16,19-20H2,1-8H3. The van der Waals surface area contributed by atoms with E-state index in [0.29, 0.717) is 12.3 Å². The molecule has 2 aliphatic heterocycles. The van der Waals surface area contributed by atoms with Gasteiger partial charge in [-0.1, -0.05) is 76.3 Å². The Balaban J connectivity index is 1.59. The summed E-state index contributed by atoms with van der Waals surface area (Å²) in [4.78, 5) is 43.8. The fraction of sp³-hybridized carbons (Fsp3) is 0.727. The van der Waals surface area contributed by atoms with E-state index in [1.807, 2.05) is 85.7 Å². The first-order chi connectivity index (χ1) is 19.2. The molecule has 3 aliphatic rings. The van der Waals surface area contributed by atoms with Crippen molar-refractivity contribution < 1.29 is 28.6 Å². The van der Waals surface area contributed by atoms with Crippen LogP contribution in [0.3, 0.4) is 0 Å². The number of hydrogen-bond donors (Lipinski definition) is 0. The summed E-state index contributed by atoms with van der Waals surface area (Å²) in [6, 6.07) is 8.89. The van der Waals surface area contributed by atoms with Gasteiger partial charge in [-0.2, -0.15) is 0 Å². The number of amides is 3. The molecule has 0 radical (unpaired) electrons. The minimum Gasteiger partial charge on any atom is -0.444 e. The van der Waals surface area contributed by atoms with Gasteiger partial charge >= 0.3 is 12.2 Å². The van der Waals surface area contributed by atoms with Crippen LogP contribution in [0.25, 0.3) is 0 Å². The van der Waals surface area contributed by atoms with Crippen molar-refractivity contribution in [1.29, 1.82) is 0 Å². The maximum absolute atomic E-state index is 14.1. The van der Waals surface area contributed by atoms with Crippen molar-refractivity contribution in [3.63, 3.8) is 0 Å². The number of carbonyl (C=O) groups is 3. The van der Waals surface area contributed by atoms with Crippen molar-refractivity contribution in [3.8, 4) is 0 Å². The highest BCUT2D eigenvalue weighted by atomic mass is 16.6. The monoisotopic (exact) mass is 570 g/mol. The Morgan fingerprint density at radius 2 is 1.71 bits per heavy atom. The lowest BCUT2D eigenvalue weighted by molar-refractivity contribution is -0.137. The Bertz CT molecular complexity index is 1070. The second kappa shape index (κ2) is 12.3. The summed E-state index contributed by atoms with van der Waals surface area (Å²) in [6.45, 7) is 15.3. The van der Waals surface area contributed by atoms with E-state index in [-0.39, 0.29) is 30.1 Å². The third-order valence-corrected chi connectivity index (χ3v) is 8.91. The molecule has 3 fully saturated rings. The molecular weight excluding hydrogens is 520 g/mol. The molecule has 2 heterocycles. The molecular formula is C33H50N2O6. The molecule has 0 spiro atoms. The van der Waals surface area contributed by atoms with E-state index in [2.05, 4.69) is 0 Å². The number of benzene rings is 1. The van der Waals surface area contributed by atoms with Crippen LogP contribution in [-0.2, 0) is 19.0 Å². The van der Waals surface area contributed by atoms with Crippen LogP contribution in [0.5, 0.6) is 0 Å². The van der Waals surface area contributed by atoms with E-state index in [1.54, 1.807) is 4.90 Å². The highest BCUT2D eigenvalue weighted by Crippen LogP contribution is 2.43. The van der Waals surface area contributed by atoms with Gasteiger partial charge in [0.15, 0.2) is 0 Å². The Kier molecular flexibility index (Phi) is 9.42. The second-order valence-electron chi connectivity index (χ2n) is 14.0. The zero-order valence-corrected chi connectivity index (χ0v) is 26.2. The van der Waals surface area contributed by atoms with Crippen molar-refractivity contribution in [1.82, 2.24) is 9.80 Å². The summed E-state index contributed by atoms with van der Waals surface area (Å²) in [7, 11) is 0. The predicted molar refractivity (Wildman–Crippen MR) is 157 cm³/mol. The topological polar surface area (TPSA) is 85.4 Å². The first-order valence-electron chi connectivity index (χ1n) is 15.5. The molecule has 1 aromatic carbocycles. The maximum atomic E-state index is 14.1. The first-order valence-corrected chi connectivity index (χ1v) is 15.5. The quantitative estimate of drug-likeness (QED) is 0.338. The van der Waals surface area contributed by atoms with E-state index in [0.717, 1.165) is 24.8 Å². The van der Waals surface area contributed by atoms with Crippen LogP contribution < -0.4 is 0 Å². The molecule has 1 saturated carbocycles. The fourth-order valence-corrected chi connectivity index (χ4v) is 6.90. The molecule has 3 amide bonds. The summed E-state index contributed by atoms with van der Waals surface area (Å²) in [6.07, 6.45) is 5.26. The molecule has 0 aromatic heterocycles. The number of ether oxygens (including phenoxy) is 3. The van der Waals surface area contributed by atoms with Crippen molar-refractivity contribution in [3.05, 3.63) is 35.9 Å². The molecule has 5 unspecified atom stereocenters. The van der Waals surface area contributed by atoms with Gasteiger partial charge in [0, 0.05) is 5.92 Å². The molecule has 0 N–H and O–H groups in total. The summed E-state index contributed by atoms with van der Waals surface area (Å²) < 4.78 is 18.2. The van der Waals surface area contributed by atoms with Crippen molar-refractivity contribution >= 4 is 18.1 Å². The molecule has 5 atom stereocenters. The summed E-state index contributed by atoms with van der Waals surface area (Å²) in [5, 5.41) is 0. The average Bonchev–Trinajstić information content (AvgIpc) is 3.32. The molecule has 1 aliphatic carbocycles. The van der Waals surface area contributed by atoms with E-state index in [1.165, 1.54) is 24.2 Å². The fourth-order valence-electron chi connectivity index (χ4n) is 6.90. The van der Waals surface area contributed by atoms with Crippen LogP contribution >= 0.6 is 0 Å². The van der Waals surface area contributed by atoms with Crippen molar-refractivity contribution in [2.24, 2.45) is 17.8 Å². The minimum atomic E-state index is -0.894. The van der Waals surface area contributed by atoms with Crippen LogP contribution in [0.4, 0.5) is 9.59 Å². The van der Waals surface area contributed by atoms with E-state index in [9.17, 15) is 14.4 Å². The highest BCUT2D eigenvalue weighted by molar-refractivity contribution is 5.95. The van der Waals surface area contributed by atoms with Gasteiger partial charge in [0.2, 0.25) is 5.91 Å². The molecule has 4 rings (SSSR count). The third kappa shape index (κ3) is 7.07. The zero-order chi connectivity index (χ0) is 30.1. The van der Waals surface area contributed by atoms with Crippen LogP contribution in [-0.4, -0.2) is 57.4 Å². The number of nitrogens with zero attached hydrogens (tertiary/aromatic N) is 2. The minimum absolute atomic E-state index is 0.0455. The zero-order valence-electron chi connectivity index (χ0n) is 26.2. The second-order valence-corrected chi connectivity index (χ2v) is 14.0. The summed E-state index contributed by atoms with van der Waals surface area (Å²) in [5.74, 6) is -0.278. The largest absolute Gasteiger partial charge is 0.444 e. The predicted octanol–water partition coefficient (Wildman–Crippen LogP) is 7.47. The number of hydrogen-bond acceptors (Lipinski definition) is 6. The first kappa shape index (κ1) is 31.3. The molecule has 0 bridgehead atoms. The van der Waals surface area contributed by atoms with Gasteiger partial charge in [0.1, 0.15) is 17.4 Å². The smallest absolute Gasteiger partial charge is 0.417 e. The molecule has 8 nitrogen and oxygen atoms in total. The van der Waals surface area contributed by atoms with E-state index >= 15 is 0 Å². The number of carbonyl (C=O) groups excluding carboxylic acids is 3. The van der Waals surface area contributed by atoms with Crippen LogP contribution in [0.2, 0.25) is 0 Å². The third-order valence-electron chi connectivity index (χ3n) is 8.91. The van der Waals surface area contributed by atoms with Gasteiger partial charge in [-0.05, 0) is 71.8 Å². The Morgan fingerprint density at radius 1 is 1.07 bits per heavy atom. The summed E-state index contributed by atoms with van der Waals surface area (Å²) >= 11 is 0. The van der Waals surface area contributed by atoms with Gasteiger partial charge in [-0.25, -0.2) is 14.5 Å². The SMILES string of the molecule is CC(C)C(CC1OC(C)(C)N(C(=O)OC(C)(C)C)C1CC1CCCCC1)C(=O)N1C(=O)OC(c2ccccc2)C1C. The normalized spacial score (nSPS) is 27.7. The number of imide groups is 1. The van der Waals surface area contributed by atoms with Crippen molar-refractivity contribution in [2.75, 3.05) is 0 Å². The molecule has 2 saturated heterocycles. The van der Waals surface area contributed by atoms with Gasteiger partial charge in [-0.3, -0.25) is 9.69 Å². The van der Waals surface area contributed by atoms with E-state index < -0.39 is 35.5 Å². The van der Waals surface area contributed by atoms with Gasteiger partial charge in [0.05, 0.1) is 18.2 Å². The molecule has 8 heteroatoms. The van der Waals surface area contributed by atoms with Gasteiger partial charge in [0.25, 0.3) is 0 Å². The van der Waals surface area contributed by atoms with Crippen LogP contribution in [0, 0.1) is 17.8 Å². The van der Waals surface area contributed by atoms with E-state index in [4.69, 9.17) is 14.2 Å². The van der Waals surface area contributed by atoms with Gasteiger partial charge in [-0.15, -0.1) is 0 Å². The van der Waals surface area contributed by atoms with Crippen LogP contribution in [0.15, 0.2) is 30.3 Å². The maximum Gasteiger partial charge on any atom is 0.417 e. The molecule has 41 heavy (non-hydrogen) atoms. The average molecular weight is 571 g/mol. The Labute approximate surface area is 246 Å². The van der Waals surface area contributed by atoms with Crippen LogP contribution in [0.1, 0.15) is 112 Å². The lowest BCUT2D eigenvalue weighted by Gasteiger charge is -2.37. The Morgan fingerprint density at radius 3 is 2.29 bits per heavy atom. The van der Waals surface area contributed by atoms with Gasteiger partial charge < -0.3 is 14.2 Å². The lowest BCUT2D eigenvalue weighted by Crippen LogP contribution is -2.51. The Hall–Kier alpha value is -2.61. The number of rotatable bonds is 7. The highest BCUT2D eigenvalue weighted by Gasteiger charge is 2.53. The molecule has 1 aromatic rings. The lowest BCUT2D eigenvalue weighted by atomic mass is 9.80. The van der Waals surface area contributed by atoms with Crippen molar-refractivity contribution in [2.45, 2.75) is 136 Å². The molecule has 228 valence electrons. The number of cyclic esters (lactones) is 1.